The molecule has 2 unspecified atom stereocenters. The molecule has 3 aliphatic carbocycles. The van der Waals surface area contributed by atoms with E-state index < -0.39 is 18.0 Å². The van der Waals surface area contributed by atoms with Gasteiger partial charge in [-0.2, -0.15) is 13.2 Å². The van der Waals surface area contributed by atoms with E-state index in [1.54, 1.807) is 0 Å². The number of rotatable bonds is 3. The number of hydrogen-bond donors (Lipinski definition) is 0. The number of carbonyl (C=O) groups is 1. The molecule has 5 heteroatoms. The molecular weight excluding hydrogens is 303 g/mol. The summed E-state index contributed by atoms with van der Waals surface area (Å²) in [6.45, 7) is 2.24. The summed E-state index contributed by atoms with van der Waals surface area (Å²) in [4.78, 5) is 15.0. The molecule has 0 radical (unpaired) electrons. The Labute approximate surface area is 136 Å². The molecule has 3 fully saturated rings. The Morgan fingerprint density at radius 2 is 1.48 bits per heavy atom. The van der Waals surface area contributed by atoms with E-state index in [4.69, 9.17) is 0 Å². The van der Waals surface area contributed by atoms with Gasteiger partial charge in [0.25, 0.3) is 0 Å². The van der Waals surface area contributed by atoms with E-state index in [-0.39, 0.29) is 24.8 Å². The first-order valence-electron chi connectivity index (χ1n) is 9.25. The molecule has 23 heavy (non-hydrogen) atoms. The Morgan fingerprint density at radius 3 is 2.00 bits per heavy atom. The van der Waals surface area contributed by atoms with Gasteiger partial charge < -0.3 is 4.90 Å². The molecule has 0 saturated heterocycles. The molecule has 0 aromatic heterocycles. The highest BCUT2D eigenvalue weighted by Gasteiger charge is 2.46. The van der Waals surface area contributed by atoms with E-state index in [0.29, 0.717) is 24.8 Å². The summed E-state index contributed by atoms with van der Waals surface area (Å²) in [6, 6.07) is 0.588. The summed E-state index contributed by atoms with van der Waals surface area (Å²) in [7, 11) is 0. The van der Waals surface area contributed by atoms with Gasteiger partial charge in [0, 0.05) is 18.0 Å². The SMILES string of the molecule is CC1CCC(N(C(=O)C2CCCC(C(F)(F)F)C2)C2CC2)CC1. The summed E-state index contributed by atoms with van der Waals surface area (Å²) in [5, 5.41) is 0. The smallest absolute Gasteiger partial charge is 0.336 e. The normalized spacial score (nSPS) is 35.8. The molecule has 2 atom stereocenters. The van der Waals surface area contributed by atoms with Crippen molar-refractivity contribution < 1.29 is 18.0 Å². The van der Waals surface area contributed by atoms with Crippen LogP contribution < -0.4 is 0 Å². The largest absolute Gasteiger partial charge is 0.391 e. The van der Waals surface area contributed by atoms with E-state index in [9.17, 15) is 18.0 Å². The van der Waals surface area contributed by atoms with E-state index in [1.165, 1.54) is 0 Å². The van der Waals surface area contributed by atoms with E-state index >= 15 is 0 Å². The molecule has 2 nitrogen and oxygen atoms in total. The first kappa shape index (κ1) is 17.1. The maximum atomic E-state index is 13.0. The van der Waals surface area contributed by atoms with Crippen molar-refractivity contribution >= 4 is 5.91 Å². The number of halogens is 3. The second-order valence-electron chi connectivity index (χ2n) is 7.99. The lowest BCUT2D eigenvalue weighted by Gasteiger charge is -2.40. The number of carbonyl (C=O) groups excluding carboxylic acids is 1. The Kier molecular flexibility index (Phi) is 4.93. The molecule has 3 rings (SSSR count). The lowest BCUT2D eigenvalue weighted by molar-refractivity contribution is -0.187. The average Bonchev–Trinajstić information content (AvgIpc) is 3.33. The van der Waals surface area contributed by atoms with Crippen LogP contribution in [0.2, 0.25) is 0 Å². The van der Waals surface area contributed by atoms with Crippen molar-refractivity contribution in [1.29, 1.82) is 0 Å². The van der Waals surface area contributed by atoms with Gasteiger partial charge >= 0.3 is 6.18 Å². The maximum absolute atomic E-state index is 13.0. The van der Waals surface area contributed by atoms with Gasteiger partial charge in [-0.1, -0.05) is 13.3 Å². The summed E-state index contributed by atoms with van der Waals surface area (Å²) in [5.74, 6) is -0.944. The second kappa shape index (κ2) is 6.64. The Bertz CT molecular complexity index is 424. The van der Waals surface area contributed by atoms with Crippen molar-refractivity contribution in [1.82, 2.24) is 4.90 Å². The molecule has 3 aliphatic rings. The van der Waals surface area contributed by atoms with Crippen molar-refractivity contribution in [2.24, 2.45) is 17.8 Å². The minimum absolute atomic E-state index is 0.00861. The van der Waals surface area contributed by atoms with Crippen LogP contribution in [0.1, 0.15) is 71.1 Å². The molecule has 3 saturated carbocycles. The van der Waals surface area contributed by atoms with Gasteiger partial charge in [-0.25, -0.2) is 0 Å². The molecule has 0 N–H and O–H groups in total. The summed E-state index contributed by atoms with van der Waals surface area (Å²) >= 11 is 0. The summed E-state index contributed by atoms with van der Waals surface area (Å²) in [6.07, 6.45) is 3.61. The van der Waals surface area contributed by atoms with E-state index in [2.05, 4.69) is 6.92 Å². The third-order valence-corrected chi connectivity index (χ3v) is 6.06. The predicted octanol–water partition coefficient (Wildman–Crippen LogP) is 4.92. The molecule has 0 bridgehead atoms. The van der Waals surface area contributed by atoms with Gasteiger partial charge in [-0.05, 0) is 63.7 Å². The molecule has 0 heterocycles. The number of alkyl halides is 3. The van der Waals surface area contributed by atoms with Gasteiger partial charge in [0.2, 0.25) is 5.91 Å². The monoisotopic (exact) mass is 331 g/mol. The van der Waals surface area contributed by atoms with Crippen LogP contribution in [0.15, 0.2) is 0 Å². The molecule has 1 amide bonds. The number of nitrogens with zero attached hydrogens (tertiary/aromatic N) is 1. The quantitative estimate of drug-likeness (QED) is 0.718. The summed E-state index contributed by atoms with van der Waals surface area (Å²) in [5.41, 5.74) is 0. The van der Waals surface area contributed by atoms with Crippen LogP contribution in [0.25, 0.3) is 0 Å². The lowest BCUT2D eigenvalue weighted by Crippen LogP contribution is -2.47. The lowest BCUT2D eigenvalue weighted by atomic mass is 9.79. The molecule has 0 aromatic carbocycles. The highest BCUT2D eigenvalue weighted by atomic mass is 19.4. The third-order valence-electron chi connectivity index (χ3n) is 6.06. The Hall–Kier alpha value is -0.740. The number of hydrogen-bond acceptors (Lipinski definition) is 1. The Morgan fingerprint density at radius 1 is 0.913 bits per heavy atom. The van der Waals surface area contributed by atoms with Crippen molar-refractivity contribution in [2.45, 2.75) is 89.4 Å². The van der Waals surface area contributed by atoms with Crippen LogP contribution in [0.5, 0.6) is 0 Å². The zero-order valence-electron chi connectivity index (χ0n) is 13.9. The van der Waals surface area contributed by atoms with Crippen LogP contribution in [0.4, 0.5) is 13.2 Å². The fraction of sp³-hybridized carbons (Fsp3) is 0.944. The molecule has 0 spiro atoms. The molecule has 0 aliphatic heterocycles. The zero-order chi connectivity index (χ0) is 16.6. The molecular formula is C18H28F3NO. The van der Waals surface area contributed by atoms with Gasteiger partial charge in [0.1, 0.15) is 0 Å². The van der Waals surface area contributed by atoms with Crippen LogP contribution in [0.3, 0.4) is 0 Å². The predicted molar refractivity (Wildman–Crippen MR) is 82.8 cm³/mol. The maximum Gasteiger partial charge on any atom is 0.391 e. The average molecular weight is 331 g/mol. The van der Waals surface area contributed by atoms with Crippen molar-refractivity contribution in [3.63, 3.8) is 0 Å². The van der Waals surface area contributed by atoms with Crippen LogP contribution in [-0.2, 0) is 4.79 Å². The van der Waals surface area contributed by atoms with Crippen LogP contribution in [-0.4, -0.2) is 29.1 Å². The minimum Gasteiger partial charge on any atom is -0.336 e. The molecule has 0 aromatic rings. The fourth-order valence-corrected chi connectivity index (χ4v) is 4.45. The van der Waals surface area contributed by atoms with Gasteiger partial charge in [-0.15, -0.1) is 0 Å². The third kappa shape index (κ3) is 4.03. The minimum atomic E-state index is -4.15. The van der Waals surface area contributed by atoms with Gasteiger partial charge in [-0.3, -0.25) is 4.79 Å². The summed E-state index contributed by atoms with van der Waals surface area (Å²) < 4.78 is 39.1. The standard InChI is InChI=1S/C18H28F3NO/c1-12-5-7-15(8-6-12)22(16-9-10-16)17(23)13-3-2-4-14(11-13)18(19,20)21/h12-16H,2-11H2,1H3. The molecule has 132 valence electrons. The first-order valence-corrected chi connectivity index (χ1v) is 9.25. The topological polar surface area (TPSA) is 20.3 Å². The highest BCUT2D eigenvalue weighted by molar-refractivity contribution is 5.80. The van der Waals surface area contributed by atoms with Crippen molar-refractivity contribution in [3.05, 3.63) is 0 Å². The van der Waals surface area contributed by atoms with Crippen LogP contribution in [0, 0.1) is 17.8 Å². The fourth-order valence-electron chi connectivity index (χ4n) is 4.45. The zero-order valence-corrected chi connectivity index (χ0v) is 13.9. The van der Waals surface area contributed by atoms with E-state index in [0.717, 1.165) is 38.5 Å². The highest BCUT2D eigenvalue weighted by Crippen LogP contribution is 2.43. The van der Waals surface area contributed by atoms with Crippen molar-refractivity contribution in [2.75, 3.05) is 0 Å². The van der Waals surface area contributed by atoms with Gasteiger partial charge in [0.15, 0.2) is 0 Å². The number of amides is 1. The van der Waals surface area contributed by atoms with Crippen molar-refractivity contribution in [3.8, 4) is 0 Å². The first-order chi connectivity index (χ1) is 10.9. The Balaban J connectivity index is 1.66. The second-order valence-corrected chi connectivity index (χ2v) is 7.99. The van der Waals surface area contributed by atoms with Crippen LogP contribution >= 0.6 is 0 Å². The van der Waals surface area contributed by atoms with E-state index in [1.807, 2.05) is 4.90 Å². The van der Waals surface area contributed by atoms with Gasteiger partial charge in [0.05, 0.1) is 5.92 Å².